The highest BCUT2D eigenvalue weighted by Crippen LogP contribution is 2.42. The molecule has 0 aromatic rings. The normalized spacial score (nSPS) is 27.1. The largest absolute Gasteiger partial charge is 0.342 e. The Kier molecular flexibility index (Phi) is 3.11. The van der Waals surface area contributed by atoms with Crippen LogP contribution in [-0.4, -0.2) is 31.0 Å². The van der Waals surface area contributed by atoms with Crippen LogP contribution in [-0.2, 0) is 14.4 Å². The van der Waals surface area contributed by atoms with Crippen molar-refractivity contribution in [2.75, 3.05) is 13.2 Å². The average molecular weight is 227 g/mol. The summed E-state index contributed by atoms with van der Waals surface area (Å²) in [7, 11) is 0. The molecule has 2 aliphatic rings. The van der Waals surface area contributed by atoms with E-state index in [1.54, 1.807) is 0 Å². The first-order chi connectivity index (χ1) is 7.65. The molecule has 1 heterocycles. The molecule has 6 heteroatoms. The summed E-state index contributed by atoms with van der Waals surface area (Å²) in [4.78, 5) is 27.6. The number of hydrogen-bond donors (Lipinski definition) is 3. The lowest BCUT2D eigenvalue weighted by Gasteiger charge is -2.40. The van der Waals surface area contributed by atoms with Gasteiger partial charge in [-0.3, -0.25) is 14.4 Å². The lowest BCUT2D eigenvalue weighted by atomic mass is 9.66. The number of nitrogens with one attached hydrogen (secondary N) is 2. The second-order valence-electron chi connectivity index (χ2n) is 4.63. The van der Waals surface area contributed by atoms with E-state index in [2.05, 4.69) is 10.8 Å². The third kappa shape index (κ3) is 2.17. The number of nitrogens with two attached hydrogens (primary N) is 1. The van der Waals surface area contributed by atoms with Gasteiger partial charge < -0.3 is 11.1 Å². The van der Waals surface area contributed by atoms with E-state index in [1.807, 2.05) is 0 Å². The van der Waals surface area contributed by atoms with E-state index in [-0.39, 0.29) is 23.8 Å². The van der Waals surface area contributed by atoms with Gasteiger partial charge >= 0.3 is 0 Å². The third-order valence-electron chi connectivity index (χ3n) is 3.46. The van der Waals surface area contributed by atoms with Crippen LogP contribution in [0.15, 0.2) is 0 Å². The molecule has 1 saturated heterocycles. The SMILES string of the molecule is NCC1(CC(=O)N[C@@H]2CONC2=O)CCC1. The van der Waals surface area contributed by atoms with Crippen LogP contribution in [0.3, 0.4) is 0 Å². The minimum Gasteiger partial charge on any atom is -0.342 e. The molecule has 1 atom stereocenters. The van der Waals surface area contributed by atoms with Gasteiger partial charge in [-0.1, -0.05) is 6.42 Å². The van der Waals surface area contributed by atoms with Gasteiger partial charge in [-0.15, -0.1) is 0 Å². The summed E-state index contributed by atoms with van der Waals surface area (Å²) in [6.45, 7) is 0.730. The summed E-state index contributed by atoms with van der Waals surface area (Å²) < 4.78 is 0. The van der Waals surface area contributed by atoms with E-state index in [4.69, 9.17) is 10.6 Å². The smallest absolute Gasteiger partial charge is 0.268 e. The van der Waals surface area contributed by atoms with Crippen molar-refractivity contribution in [3.05, 3.63) is 0 Å². The minimum atomic E-state index is -0.553. The zero-order chi connectivity index (χ0) is 11.6. The highest BCUT2D eigenvalue weighted by atomic mass is 16.7. The molecule has 16 heavy (non-hydrogen) atoms. The van der Waals surface area contributed by atoms with Crippen molar-refractivity contribution in [3.63, 3.8) is 0 Å². The van der Waals surface area contributed by atoms with Crippen molar-refractivity contribution >= 4 is 11.8 Å². The molecular formula is C10H17N3O3. The topological polar surface area (TPSA) is 93.5 Å². The fourth-order valence-electron chi connectivity index (χ4n) is 2.17. The molecule has 1 aliphatic heterocycles. The Hall–Kier alpha value is -1.14. The van der Waals surface area contributed by atoms with Gasteiger partial charge in [0.05, 0.1) is 0 Å². The molecule has 0 unspecified atom stereocenters. The molecule has 2 fully saturated rings. The van der Waals surface area contributed by atoms with E-state index in [9.17, 15) is 9.59 Å². The average Bonchev–Trinajstić information content (AvgIpc) is 2.58. The zero-order valence-corrected chi connectivity index (χ0v) is 9.12. The van der Waals surface area contributed by atoms with Crippen LogP contribution >= 0.6 is 0 Å². The van der Waals surface area contributed by atoms with Gasteiger partial charge in [-0.25, -0.2) is 5.48 Å². The van der Waals surface area contributed by atoms with Gasteiger partial charge in [-0.05, 0) is 24.8 Å². The quantitative estimate of drug-likeness (QED) is 0.577. The highest BCUT2D eigenvalue weighted by molar-refractivity contribution is 5.88. The molecule has 0 aromatic heterocycles. The fraction of sp³-hybridized carbons (Fsp3) is 0.800. The molecule has 2 amide bonds. The van der Waals surface area contributed by atoms with Gasteiger partial charge in [0.2, 0.25) is 5.91 Å². The Balaban J connectivity index is 1.82. The maximum Gasteiger partial charge on any atom is 0.268 e. The van der Waals surface area contributed by atoms with Gasteiger partial charge in [0, 0.05) is 6.42 Å². The Labute approximate surface area is 93.8 Å². The molecule has 6 nitrogen and oxygen atoms in total. The molecular weight excluding hydrogens is 210 g/mol. The minimum absolute atomic E-state index is 0.0278. The lowest BCUT2D eigenvalue weighted by Crippen LogP contribution is -2.46. The van der Waals surface area contributed by atoms with Crippen LogP contribution in [0.4, 0.5) is 0 Å². The van der Waals surface area contributed by atoms with Gasteiger partial charge in [-0.2, -0.15) is 0 Å². The molecule has 90 valence electrons. The Morgan fingerprint density at radius 2 is 2.38 bits per heavy atom. The number of carbonyl (C=O) groups excluding carboxylic acids is 2. The molecule has 0 aromatic carbocycles. The monoisotopic (exact) mass is 227 g/mol. The standard InChI is InChI=1S/C10H17N3O3/c11-6-10(2-1-3-10)4-8(14)12-7-5-16-13-9(7)15/h7H,1-6,11H2,(H,12,14)(H,13,15)/t7-/m1/s1. The van der Waals surface area contributed by atoms with E-state index >= 15 is 0 Å². The summed E-state index contributed by atoms with van der Waals surface area (Å²) in [5, 5.41) is 2.66. The van der Waals surface area contributed by atoms with Crippen molar-refractivity contribution in [3.8, 4) is 0 Å². The molecule has 0 spiro atoms. The van der Waals surface area contributed by atoms with Crippen LogP contribution in [0.1, 0.15) is 25.7 Å². The van der Waals surface area contributed by atoms with Crippen molar-refractivity contribution in [1.29, 1.82) is 0 Å². The van der Waals surface area contributed by atoms with E-state index in [1.165, 1.54) is 0 Å². The van der Waals surface area contributed by atoms with Gasteiger partial charge in [0.15, 0.2) is 0 Å². The molecule has 0 bridgehead atoms. The molecule has 1 saturated carbocycles. The van der Waals surface area contributed by atoms with Crippen LogP contribution < -0.4 is 16.5 Å². The van der Waals surface area contributed by atoms with Gasteiger partial charge in [0.25, 0.3) is 5.91 Å². The highest BCUT2D eigenvalue weighted by Gasteiger charge is 2.38. The van der Waals surface area contributed by atoms with E-state index < -0.39 is 6.04 Å². The summed E-state index contributed by atoms with van der Waals surface area (Å²) in [6, 6.07) is -0.553. The van der Waals surface area contributed by atoms with Crippen molar-refractivity contribution in [2.45, 2.75) is 31.7 Å². The number of hydrogen-bond acceptors (Lipinski definition) is 4. The second kappa shape index (κ2) is 4.39. The maximum absolute atomic E-state index is 11.7. The Morgan fingerprint density at radius 1 is 1.62 bits per heavy atom. The second-order valence-corrected chi connectivity index (χ2v) is 4.63. The van der Waals surface area contributed by atoms with E-state index in [0.717, 1.165) is 19.3 Å². The summed E-state index contributed by atoms with van der Waals surface area (Å²) in [6.07, 6.45) is 3.55. The number of amides is 2. The number of rotatable bonds is 4. The first kappa shape index (κ1) is 11.3. The van der Waals surface area contributed by atoms with Crippen molar-refractivity contribution < 1.29 is 14.4 Å². The molecule has 2 rings (SSSR count). The number of hydroxylamine groups is 1. The van der Waals surface area contributed by atoms with Crippen molar-refractivity contribution in [1.82, 2.24) is 10.8 Å². The maximum atomic E-state index is 11.7. The predicted molar refractivity (Wildman–Crippen MR) is 56.0 cm³/mol. The predicted octanol–water partition coefficient (Wildman–Crippen LogP) is -0.948. The lowest BCUT2D eigenvalue weighted by molar-refractivity contribution is -0.130. The first-order valence-corrected chi connectivity index (χ1v) is 5.56. The van der Waals surface area contributed by atoms with Crippen LogP contribution in [0.25, 0.3) is 0 Å². The van der Waals surface area contributed by atoms with Crippen LogP contribution in [0, 0.1) is 5.41 Å². The van der Waals surface area contributed by atoms with Gasteiger partial charge in [0.1, 0.15) is 12.6 Å². The summed E-state index contributed by atoms with van der Waals surface area (Å²) in [5.74, 6) is -0.403. The first-order valence-electron chi connectivity index (χ1n) is 5.56. The molecule has 4 N–H and O–H groups in total. The van der Waals surface area contributed by atoms with E-state index in [0.29, 0.717) is 13.0 Å². The molecule has 1 aliphatic carbocycles. The third-order valence-corrected chi connectivity index (χ3v) is 3.46. The zero-order valence-electron chi connectivity index (χ0n) is 9.12. The summed E-state index contributed by atoms with van der Waals surface area (Å²) >= 11 is 0. The van der Waals surface area contributed by atoms with Crippen LogP contribution in [0.5, 0.6) is 0 Å². The Morgan fingerprint density at radius 3 is 2.81 bits per heavy atom. The Bertz CT molecular complexity index is 296. The van der Waals surface area contributed by atoms with Crippen molar-refractivity contribution in [2.24, 2.45) is 11.1 Å². The number of carbonyl (C=O) groups is 2. The molecule has 0 radical (unpaired) electrons. The fourth-order valence-corrected chi connectivity index (χ4v) is 2.17. The summed E-state index contributed by atoms with van der Waals surface area (Å²) in [5.41, 5.74) is 7.84. The van der Waals surface area contributed by atoms with Crippen LogP contribution in [0.2, 0.25) is 0 Å².